The van der Waals surface area contributed by atoms with Crippen molar-refractivity contribution in [2.75, 3.05) is 7.05 Å². The van der Waals surface area contributed by atoms with E-state index in [2.05, 4.69) is 20.2 Å². The Kier molecular flexibility index (Phi) is 4.82. The molecule has 0 spiro atoms. The van der Waals surface area contributed by atoms with Crippen LogP contribution < -0.4 is 10.0 Å². The van der Waals surface area contributed by atoms with Crippen LogP contribution in [0.25, 0.3) is 0 Å². The van der Waals surface area contributed by atoms with Crippen LogP contribution in [0.3, 0.4) is 0 Å². The summed E-state index contributed by atoms with van der Waals surface area (Å²) in [5.74, 6) is 0. The van der Waals surface area contributed by atoms with Gasteiger partial charge in [-0.3, -0.25) is 5.10 Å². The van der Waals surface area contributed by atoms with E-state index in [1.54, 1.807) is 18.4 Å². The van der Waals surface area contributed by atoms with Gasteiger partial charge in [-0.15, -0.1) is 11.3 Å². The zero-order valence-electron chi connectivity index (χ0n) is 12.5. The van der Waals surface area contributed by atoms with Gasteiger partial charge in [-0.1, -0.05) is 0 Å². The summed E-state index contributed by atoms with van der Waals surface area (Å²) in [5.41, 5.74) is 1.63. The van der Waals surface area contributed by atoms with E-state index in [1.807, 2.05) is 26.8 Å². The largest absolute Gasteiger partial charge is 0.316 e. The van der Waals surface area contributed by atoms with E-state index in [9.17, 15) is 8.42 Å². The molecule has 0 bridgehead atoms. The predicted molar refractivity (Wildman–Crippen MR) is 83.9 cm³/mol. The Morgan fingerprint density at radius 1 is 1.43 bits per heavy atom. The molecule has 21 heavy (non-hydrogen) atoms. The van der Waals surface area contributed by atoms with Crippen LogP contribution in [0.1, 0.15) is 33.8 Å². The van der Waals surface area contributed by atoms with Crippen molar-refractivity contribution in [1.82, 2.24) is 20.2 Å². The number of sulfonamides is 1. The molecule has 0 aromatic carbocycles. The third-order valence-electron chi connectivity index (χ3n) is 3.19. The molecule has 0 aliphatic carbocycles. The number of aromatic amines is 1. The Morgan fingerprint density at radius 3 is 2.71 bits per heavy atom. The Morgan fingerprint density at radius 2 is 2.14 bits per heavy atom. The highest BCUT2D eigenvalue weighted by Gasteiger charge is 2.24. The second-order valence-electron chi connectivity index (χ2n) is 4.97. The van der Waals surface area contributed by atoms with E-state index in [0.717, 1.165) is 10.4 Å². The van der Waals surface area contributed by atoms with Gasteiger partial charge in [0.2, 0.25) is 0 Å². The standard InChI is InChI=1S/C13H20N4O2S2/c1-8-5-12(10(3)20-8)9(2)17-21(18,19)13-11(6-14-4)7-15-16-13/h5,7,9,14,17H,6H2,1-4H3,(H,15,16). The molecule has 2 aromatic heterocycles. The third-order valence-corrected chi connectivity index (χ3v) is 5.73. The molecule has 2 rings (SSSR count). The first-order valence-electron chi connectivity index (χ1n) is 6.61. The molecule has 8 heteroatoms. The number of aryl methyl sites for hydroxylation is 2. The molecule has 0 amide bonds. The highest BCUT2D eigenvalue weighted by molar-refractivity contribution is 7.89. The molecule has 1 unspecified atom stereocenters. The number of thiophene rings is 1. The first-order valence-corrected chi connectivity index (χ1v) is 8.91. The molecule has 2 heterocycles. The molecule has 0 saturated carbocycles. The van der Waals surface area contributed by atoms with Crippen LogP contribution in [-0.2, 0) is 16.6 Å². The molecule has 0 saturated heterocycles. The van der Waals surface area contributed by atoms with Crippen molar-refractivity contribution < 1.29 is 8.42 Å². The molecule has 0 aliphatic heterocycles. The van der Waals surface area contributed by atoms with Crippen molar-refractivity contribution >= 4 is 21.4 Å². The lowest BCUT2D eigenvalue weighted by Crippen LogP contribution is -2.28. The van der Waals surface area contributed by atoms with E-state index in [1.165, 1.54) is 11.1 Å². The Labute approximate surface area is 129 Å². The average Bonchev–Trinajstić information content (AvgIpc) is 2.96. The number of hydrogen-bond donors (Lipinski definition) is 3. The van der Waals surface area contributed by atoms with Crippen LogP contribution in [0, 0.1) is 13.8 Å². The van der Waals surface area contributed by atoms with Crippen molar-refractivity contribution in [3.8, 4) is 0 Å². The van der Waals surface area contributed by atoms with Crippen LogP contribution in [0.5, 0.6) is 0 Å². The molecule has 3 N–H and O–H groups in total. The van der Waals surface area contributed by atoms with Crippen molar-refractivity contribution in [1.29, 1.82) is 0 Å². The van der Waals surface area contributed by atoms with Crippen molar-refractivity contribution in [2.24, 2.45) is 0 Å². The minimum atomic E-state index is -3.63. The molecule has 116 valence electrons. The minimum Gasteiger partial charge on any atom is -0.316 e. The second-order valence-corrected chi connectivity index (χ2v) is 8.08. The van der Waals surface area contributed by atoms with Gasteiger partial charge in [0, 0.05) is 27.9 Å². The van der Waals surface area contributed by atoms with Gasteiger partial charge in [0.25, 0.3) is 10.0 Å². The minimum absolute atomic E-state index is 0.119. The fraction of sp³-hybridized carbons (Fsp3) is 0.462. The summed E-state index contributed by atoms with van der Waals surface area (Å²) < 4.78 is 27.7. The molecule has 6 nitrogen and oxygen atoms in total. The summed E-state index contributed by atoms with van der Waals surface area (Å²) in [6.45, 7) is 6.31. The number of aromatic nitrogens is 2. The SMILES string of the molecule is CNCc1cn[nH]c1S(=O)(=O)NC(C)c1cc(C)sc1C. The Hall–Kier alpha value is -1.22. The zero-order chi connectivity index (χ0) is 15.6. The van der Waals surface area contributed by atoms with Crippen LogP contribution in [0.15, 0.2) is 17.3 Å². The lowest BCUT2D eigenvalue weighted by molar-refractivity contribution is 0.560. The van der Waals surface area contributed by atoms with Gasteiger partial charge in [0.05, 0.1) is 6.20 Å². The lowest BCUT2D eigenvalue weighted by Gasteiger charge is -2.14. The van der Waals surface area contributed by atoms with Crippen LogP contribution in [0.4, 0.5) is 0 Å². The monoisotopic (exact) mass is 328 g/mol. The van der Waals surface area contributed by atoms with Gasteiger partial charge in [0.15, 0.2) is 5.03 Å². The number of rotatable bonds is 6. The Bertz CT molecular complexity index is 718. The summed E-state index contributed by atoms with van der Waals surface area (Å²) >= 11 is 1.67. The van der Waals surface area contributed by atoms with E-state index in [-0.39, 0.29) is 11.1 Å². The summed E-state index contributed by atoms with van der Waals surface area (Å²) in [5, 5.41) is 9.44. The smallest absolute Gasteiger partial charge is 0.258 e. The van der Waals surface area contributed by atoms with Gasteiger partial charge in [-0.05, 0) is 39.4 Å². The summed E-state index contributed by atoms with van der Waals surface area (Å²) in [4.78, 5) is 2.30. The fourth-order valence-electron chi connectivity index (χ4n) is 2.28. The first-order chi connectivity index (χ1) is 9.85. The maximum Gasteiger partial charge on any atom is 0.258 e. The molecule has 0 fully saturated rings. The highest BCUT2D eigenvalue weighted by atomic mass is 32.2. The molecule has 1 atom stereocenters. The second kappa shape index (κ2) is 6.27. The van der Waals surface area contributed by atoms with Gasteiger partial charge in [-0.25, -0.2) is 13.1 Å². The van der Waals surface area contributed by atoms with Crippen LogP contribution in [0.2, 0.25) is 0 Å². The molecular formula is C13H20N4O2S2. The first kappa shape index (κ1) is 16.2. The summed E-state index contributed by atoms with van der Waals surface area (Å²) in [6, 6.07) is 1.74. The zero-order valence-corrected chi connectivity index (χ0v) is 14.2. The third kappa shape index (κ3) is 3.52. The van der Waals surface area contributed by atoms with Gasteiger partial charge >= 0.3 is 0 Å². The van der Waals surface area contributed by atoms with Gasteiger partial charge < -0.3 is 5.32 Å². The maximum absolute atomic E-state index is 12.5. The van der Waals surface area contributed by atoms with E-state index >= 15 is 0 Å². The van der Waals surface area contributed by atoms with E-state index < -0.39 is 10.0 Å². The normalized spacial score (nSPS) is 13.5. The maximum atomic E-state index is 12.5. The van der Waals surface area contributed by atoms with Crippen molar-refractivity contribution in [3.05, 3.63) is 33.1 Å². The Balaban J connectivity index is 2.25. The molecular weight excluding hydrogens is 308 g/mol. The molecule has 0 radical (unpaired) electrons. The number of hydrogen-bond acceptors (Lipinski definition) is 5. The van der Waals surface area contributed by atoms with Crippen molar-refractivity contribution in [2.45, 2.75) is 38.4 Å². The average molecular weight is 328 g/mol. The summed E-state index contributed by atoms with van der Waals surface area (Å²) in [7, 11) is -1.87. The highest BCUT2D eigenvalue weighted by Crippen LogP contribution is 2.27. The van der Waals surface area contributed by atoms with Crippen LogP contribution in [-0.4, -0.2) is 25.7 Å². The van der Waals surface area contributed by atoms with Crippen LogP contribution >= 0.6 is 11.3 Å². The van der Waals surface area contributed by atoms with Crippen molar-refractivity contribution in [3.63, 3.8) is 0 Å². The quantitative estimate of drug-likeness (QED) is 0.755. The number of H-pyrrole nitrogens is 1. The molecule has 0 aliphatic rings. The number of nitrogens with zero attached hydrogens (tertiary/aromatic N) is 1. The molecule has 2 aromatic rings. The van der Waals surface area contributed by atoms with Gasteiger partial charge in [-0.2, -0.15) is 5.10 Å². The van der Waals surface area contributed by atoms with E-state index in [0.29, 0.717) is 12.1 Å². The lowest BCUT2D eigenvalue weighted by atomic mass is 10.1. The van der Waals surface area contributed by atoms with E-state index in [4.69, 9.17) is 0 Å². The van der Waals surface area contributed by atoms with Gasteiger partial charge in [0.1, 0.15) is 0 Å². The topological polar surface area (TPSA) is 86.9 Å². The fourth-order valence-corrected chi connectivity index (χ4v) is 4.66. The predicted octanol–water partition coefficient (Wildman–Crippen LogP) is 1.85. The summed E-state index contributed by atoms with van der Waals surface area (Å²) in [6.07, 6.45) is 1.52. The number of nitrogens with one attached hydrogen (secondary N) is 3.